The highest BCUT2D eigenvalue weighted by atomic mass is 19.4. The Morgan fingerprint density at radius 2 is 1.88 bits per heavy atom. The normalized spacial score (nSPS) is 21.6. The molecule has 1 aromatic heterocycles. The summed E-state index contributed by atoms with van der Waals surface area (Å²) in [6, 6.07) is 11.9. The van der Waals surface area contributed by atoms with Crippen LogP contribution in [0.1, 0.15) is 41.4 Å². The molecule has 0 bridgehead atoms. The molecule has 2 aliphatic heterocycles. The fraction of sp³-hybridized carbons (Fsp3) is 0.500. The Labute approximate surface area is 186 Å². The lowest BCUT2D eigenvalue weighted by Gasteiger charge is -2.49. The molecule has 2 aromatic rings. The molecule has 172 valence electrons. The molecule has 0 radical (unpaired) electrons. The topological polar surface area (TPSA) is 45.7 Å². The average molecular weight is 448 g/mol. The van der Waals surface area contributed by atoms with Crippen LogP contribution >= 0.6 is 0 Å². The zero-order valence-corrected chi connectivity index (χ0v) is 18.1. The molecule has 1 aromatic carbocycles. The maximum Gasteiger partial charge on any atom is 0.433 e. The van der Waals surface area contributed by atoms with Crippen LogP contribution in [0, 0.1) is 0 Å². The van der Waals surface area contributed by atoms with E-state index < -0.39 is 11.9 Å². The lowest BCUT2D eigenvalue weighted by molar-refractivity contribution is -0.161. The number of carbonyl (C=O) groups is 1. The fourth-order valence-electron chi connectivity index (χ4n) is 4.63. The Bertz CT molecular complexity index is 910. The minimum absolute atomic E-state index is 0.0267. The first-order chi connectivity index (χ1) is 15.2. The van der Waals surface area contributed by atoms with Gasteiger partial charge >= 0.3 is 6.18 Å². The van der Waals surface area contributed by atoms with Gasteiger partial charge in [-0.1, -0.05) is 24.3 Å². The number of amides is 1. The number of morpholine rings is 1. The number of alkyl halides is 3. The summed E-state index contributed by atoms with van der Waals surface area (Å²) in [5.74, 6) is 0.0392. The second kappa shape index (κ2) is 9.19. The highest BCUT2D eigenvalue weighted by Crippen LogP contribution is 2.33. The molecular formula is C24H28F3N3O2. The van der Waals surface area contributed by atoms with Crippen molar-refractivity contribution < 1.29 is 22.7 Å². The van der Waals surface area contributed by atoms with Gasteiger partial charge in [0.25, 0.3) is 5.91 Å². The molecule has 2 fully saturated rings. The van der Waals surface area contributed by atoms with Crippen LogP contribution in [0.4, 0.5) is 13.2 Å². The SMILES string of the molecule is CC1CN(C(=O)c2ccccc2)CC2(CCN(CCc3ccc(C(F)(F)F)nc3)CC2)O1. The van der Waals surface area contributed by atoms with Crippen molar-refractivity contribution in [3.8, 4) is 0 Å². The van der Waals surface area contributed by atoms with Gasteiger partial charge in [-0.05, 0) is 49.9 Å². The highest BCUT2D eigenvalue weighted by molar-refractivity contribution is 5.94. The average Bonchev–Trinajstić information content (AvgIpc) is 2.78. The number of hydrogen-bond donors (Lipinski definition) is 0. The Balaban J connectivity index is 1.31. The van der Waals surface area contributed by atoms with Crippen molar-refractivity contribution in [2.75, 3.05) is 32.7 Å². The van der Waals surface area contributed by atoms with Gasteiger partial charge < -0.3 is 14.5 Å². The summed E-state index contributed by atoms with van der Waals surface area (Å²) in [6.07, 6.45) is -0.836. The van der Waals surface area contributed by atoms with Crippen LogP contribution in [-0.4, -0.2) is 65.1 Å². The zero-order chi connectivity index (χ0) is 22.8. The van der Waals surface area contributed by atoms with Crippen molar-refractivity contribution >= 4 is 5.91 Å². The summed E-state index contributed by atoms with van der Waals surface area (Å²) in [6.45, 7) is 5.59. The van der Waals surface area contributed by atoms with E-state index >= 15 is 0 Å². The standard InChI is InChI=1S/C24H28F3N3O2/c1-18-16-30(22(31)20-5-3-2-4-6-20)17-23(32-18)10-13-29(14-11-23)12-9-19-7-8-21(28-15-19)24(25,26)27/h2-8,15,18H,9-14,16-17H2,1H3. The van der Waals surface area contributed by atoms with Gasteiger partial charge in [0.15, 0.2) is 0 Å². The minimum Gasteiger partial charge on any atom is -0.368 e. The molecule has 1 unspecified atom stereocenters. The van der Waals surface area contributed by atoms with Crippen LogP contribution < -0.4 is 0 Å². The first-order valence-corrected chi connectivity index (χ1v) is 11.0. The van der Waals surface area contributed by atoms with Gasteiger partial charge in [0, 0.05) is 37.9 Å². The molecule has 4 rings (SSSR count). The number of pyridine rings is 1. The molecule has 0 N–H and O–H groups in total. The number of piperidine rings is 1. The highest BCUT2D eigenvalue weighted by Gasteiger charge is 2.43. The molecular weight excluding hydrogens is 419 g/mol. The molecule has 1 spiro atoms. The Morgan fingerprint density at radius 3 is 2.50 bits per heavy atom. The number of nitrogens with zero attached hydrogens (tertiary/aromatic N) is 3. The Kier molecular flexibility index (Phi) is 6.53. The molecule has 0 saturated carbocycles. The van der Waals surface area contributed by atoms with E-state index in [1.807, 2.05) is 42.2 Å². The number of likely N-dealkylation sites (tertiary alicyclic amines) is 1. The maximum absolute atomic E-state index is 13.0. The van der Waals surface area contributed by atoms with Gasteiger partial charge in [-0.25, -0.2) is 0 Å². The summed E-state index contributed by atoms with van der Waals surface area (Å²) in [5.41, 5.74) is 0.285. The van der Waals surface area contributed by atoms with Gasteiger partial charge in [-0.2, -0.15) is 13.2 Å². The second-order valence-electron chi connectivity index (χ2n) is 8.80. The van der Waals surface area contributed by atoms with E-state index in [1.54, 1.807) is 0 Å². The van der Waals surface area contributed by atoms with Crippen molar-refractivity contribution in [3.63, 3.8) is 0 Å². The van der Waals surface area contributed by atoms with E-state index in [9.17, 15) is 18.0 Å². The monoisotopic (exact) mass is 447 g/mol. The van der Waals surface area contributed by atoms with Gasteiger partial charge in [-0.15, -0.1) is 0 Å². The molecule has 1 atom stereocenters. The van der Waals surface area contributed by atoms with Crippen molar-refractivity contribution in [1.82, 2.24) is 14.8 Å². The summed E-state index contributed by atoms with van der Waals surface area (Å²) in [4.78, 5) is 20.7. The van der Waals surface area contributed by atoms with Crippen LogP contribution in [0.25, 0.3) is 0 Å². The van der Waals surface area contributed by atoms with Crippen molar-refractivity contribution in [2.45, 2.75) is 44.1 Å². The molecule has 1 amide bonds. The third-order valence-corrected chi connectivity index (χ3v) is 6.31. The van der Waals surface area contributed by atoms with E-state index in [0.717, 1.165) is 44.1 Å². The second-order valence-corrected chi connectivity index (χ2v) is 8.80. The number of aromatic nitrogens is 1. The number of hydrogen-bond acceptors (Lipinski definition) is 4. The van der Waals surface area contributed by atoms with Crippen LogP contribution in [0.3, 0.4) is 0 Å². The van der Waals surface area contributed by atoms with E-state index in [4.69, 9.17) is 4.74 Å². The largest absolute Gasteiger partial charge is 0.433 e. The third-order valence-electron chi connectivity index (χ3n) is 6.31. The number of ether oxygens (including phenoxy) is 1. The third kappa shape index (κ3) is 5.30. The molecule has 5 nitrogen and oxygen atoms in total. The van der Waals surface area contributed by atoms with Gasteiger partial charge in [0.1, 0.15) is 5.69 Å². The summed E-state index contributed by atoms with van der Waals surface area (Å²) in [7, 11) is 0. The van der Waals surface area contributed by atoms with Crippen molar-refractivity contribution in [2.24, 2.45) is 0 Å². The predicted molar refractivity (Wildman–Crippen MR) is 114 cm³/mol. The maximum atomic E-state index is 13.0. The molecule has 2 saturated heterocycles. The molecule has 8 heteroatoms. The van der Waals surface area contributed by atoms with Crippen molar-refractivity contribution in [1.29, 1.82) is 0 Å². The molecule has 0 aliphatic carbocycles. The van der Waals surface area contributed by atoms with Gasteiger partial charge in [-0.3, -0.25) is 9.78 Å². The zero-order valence-electron chi connectivity index (χ0n) is 18.1. The summed E-state index contributed by atoms with van der Waals surface area (Å²) >= 11 is 0. The van der Waals surface area contributed by atoms with Crippen LogP contribution in [-0.2, 0) is 17.3 Å². The van der Waals surface area contributed by atoms with Crippen LogP contribution in [0.5, 0.6) is 0 Å². The smallest absolute Gasteiger partial charge is 0.368 e. The van der Waals surface area contributed by atoms with E-state index in [0.29, 0.717) is 25.1 Å². The first-order valence-electron chi connectivity index (χ1n) is 11.0. The van der Waals surface area contributed by atoms with Gasteiger partial charge in [0.2, 0.25) is 0 Å². The Morgan fingerprint density at radius 1 is 1.16 bits per heavy atom. The number of carbonyl (C=O) groups excluding carboxylic acids is 1. The number of halogens is 3. The Hall–Kier alpha value is -2.45. The predicted octanol–water partition coefficient (Wildman–Crippen LogP) is 4.04. The van der Waals surface area contributed by atoms with Crippen LogP contribution in [0.15, 0.2) is 48.7 Å². The quantitative estimate of drug-likeness (QED) is 0.710. The lowest BCUT2D eigenvalue weighted by atomic mass is 9.88. The fourth-order valence-corrected chi connectivity index (χ4v) is 4.63. The first kappa shape index (κ1) is 22.7. The van der Waals surface area contributed by atoms with E-state index in [2.05, 4.69) is 9.88 Å². The molecule has 3 heterocycles. The summed E-state index contributed by atoms with van der Waals surface area (Å²) in [5, 5.41) is 0. The van der Waals surface area contributed by atoms with E-state index in [1.165, 1.54) is 12.3 Å². The van der Waals surface area contributed by atoms with Gasteiger partial charge in [0.05, 0.1) is 18.2 Å². The lowest BCUT2D eigenvalue weighted by Crippen LogP contribution is -2.60. The van der Waals surface area contributed by atoms with E-state index in [-0.39, 0.29) is 17.6 Å². The van der Waals surface area contributed by atoms with Crippen molar-refractivity contribution in [3.05, 3.63) is 65.5 Å². The number of benzene rings is 1. The van der Waals surface area contributed by atoms with Crippen LogP contribution in [0.2, 0.25) is 0 Å². The number of rotatable bonds is 4. The minimum atomic E-state index is -4.41. The molecule has 32 heavy (non-hydrogen) atoms. The summed E-state index contributed by atoms with van der Waals surface area (Å²) < 4.78 is 44.3. The molecule has 2 aliphatic rings.